The normalized spacial score (nSPS) is 11.4. The largest absolute Gasteiger partial charge is 0.475 e. The van der Waals surface area contributed by atoms with Crippen LogP contribution in [0.15, 0.2) is 38.2 Å². The minimum Gasteiger partial charge on any atom is -0.475 e. The monoisotopic (exact) mass is 413 g/mol. The van der Waals surface area contributed by atoms with Crippen LogP contribution >= 0.6 is 39.1 Å². The summed E-state index contributed by atoms with van der Waals surface area (Å²) in [5, 5.41) is 9.22. The molecule has 1 aromatic heterocycles. The number of rotatable bonds is 4. The summed E-state index contributed by atoms with van der Waals surface area (Å²) in [4.78, 5) is 10.4. The maximum atomic E-state index is 12.2. The van der Waals surface area contributed by atoms with Gasteiger partial charge in [-0.15, -0.1) is 0 Å². The molecule has 112 valence electrons. The van der Waals surface area contributed by atoms with Crippen molar-refractivity contribution in [3.8, 4) is 0 Å². The molecule has 21 heavy (non-hydrogen) atoms. The van der Waals surface area contributed by atoms with Crippen molar-refractivity contribution in [1.82, 2.24) is 0 Å². The first-order valence-corrected chi connectivity index (χ1v) is 8.24. The zero-order chi connectivity index (χ0) is 15.8. The number of carboxylic acid groups (broad SMARTS) is 1. The molecule has 0 amide bonds. The first-order valence-electron chi connectivity index (χ1n) is 5.21. The van der Waals surface area contributed by atoms with E-state index in [1.165, 1.54) is 18.2 Å². The van der Waals surface area contributed by atoms with Crippen LogP contribution in [0.5, 0.6) is 0 Å². The maximum absolute atomic E-state index is 12.2. The van der Waals surface area contributed by atoms with Gasteiger partial charge in [0.15, 0.2) is 4.67 Å². The zero-order valence-corrected chi connectivity index (χ0v) is 13.8. The Morgan fingerprint density at radius 3 is 2.52 bits per heavy atom. The van der Waals surface area contributed by atoms with Gasteiger partial charge in [0, 0.05) is 11.1 Å². The van der Waals surface area contributed by atoms with Gasteiger partial charge in [-0.2, -0.15) is 0 Å². The van der Waals surface area contributed by atoms with E-state index in [0.29, 0.717) is 0 Å². The molecule has 0 aliphatic rings. The van der Waals surface area contributed by atoms with Gasteiger partial charge in [0.25, 0.3) is 10.0 Å². The number of halogens is 3. The van der Waals surface area contributed by atoms with Crippen LogP contribution in [0.3, 0.4) is 0 Å². The number of carboxylic acids is 1. The molecule has 0 fully saturated rings. The Hall–Kier alpha value is -1.22. The molecule has 0 aliphatic heterocycles. The van der Waals surface area contributed by atoms with Gasteiger partial charge in [0.2, 0.25) is 5.76 Å². The minimum absolute atomic E-state index is 0.0640. The average molecular weight is 415 g/mol. The molecule has 0 bridgehead atoms. The molecule has 10 heteroatoms. The minimum atomic E-state index is -4.09. The van der Waals surface area contributed by atoms with Crippen molar-refractivity contribution in [2.24, 2.45) is 0 Å². The van der Waals surface area contributed by atoms with Crippen LogP contribution in [0.2, 0.25) is 10.0 Å². The van der Waals surface area contributed by atoms with Crippen LogP contribution in [0.1, 0.15) is 10.6 Å². The molecule has 1 heterocycles. The SMILES string of the molecule is O=C(O)c1cc(S(=O)(=O)Nc2cc(Cl)ccc2Cl)c(Br)o1. The van der Waals surface area contributed by atoms with Crippen LogP contribution in [0, 0.1) is 0 Å². The van der Waals surface area contributed by atoms with E-state index in [2.05, 4.69) is 20.7 Å². The second-order valence-corrected chi connectivity index (χ2v) is 7.00. The van der Waals surface area contributed by atoms with Gasteiger partial charge in [0.05, 0.1) is 10.7 Å². The van der Waals surface area contributed by atoms with Gasteiger partial charge < -0.3 is 9.52 Å². The highest BCUT2D eigenvalue weighted by Crippen LogP contribution is 2.31. The van der Waals surface area contributed by atoms with E-state index in [4.69, 9.17) is 32.7 Å². The Balaban J connectivity index is 2.43. The number of nitrogens with one attached hydrogen (secondary N) is 1. The van der Waals surface area contributed by atoms with E-state index in [-0.39, 0.29) is 25.3 Å². The van der Waals surface area contributed by atoms with Gasteiger partial charge >= 0.3 is 5.97 Å². The second kappa shape index (κ2) is 5.88. The zero-order valence-electron chi connectivity index (χ0n) is 9.93. The summed E-state index contributed by atoms with van der Waals surface area (Å²) >= 11 is 14.5. The number of anilines is 1. The number of furan rings is 1. The molecule has 2 N–H and O–H groups in total. The lowest BCUT2D eigenvalue weighted by atomic mass is 10.3. The molecule has 0 radical (unpaired) electrons. The van der Waals surface area contributed by atoms with Gasteiger partial charge in [-0.05, 0) is 34.1 Å². The van der Waals surface area contributed by atoms with E-state index in [1.807, 2.05) is 0 Å². The molecular weight excluding hydrogens is 409 g/mol. The van der Waals surface area contributed by atoms with Crippen molar-refractivity contribution in [1.29, 1.82) is 0 Å². The predicted octanol–water partition coefficient (Wildman–Crippen LogP) is 3.85. The average Bonchev–Trinajstić information content (AvgIpc) is 2.77. The van der Waals surface area contributed by atoms with Crippen molar-refractivity contribution in [2.45, 2.75) is 4.90 Å². The van der Waals surface area contributed by atoms with Crippen molar-refractivity contribution in [3.05, 3.63) is 44.7 Å². The molecule has 0 saturated heterocycles. The molecule has 2 rings (SSSR count). The highest BCUT2D eigenvalue weighted by Gasteiger charge is 2.25. The molecule has 0 saturated carbocycles. The molecule has 6 nitrogen and oxygen atoms in total. The van der Waals surface area contributed by atoms with Crippen LogP contribution in [-0.2, 0) is 10.0 Å². The lowest BCUT2D eigenvalue weighted by Crippen LogP contribution is -2.13. The molecular formula is C11H6BrCl2NO5S. The Kier molecular flexibility index (Phi) is 4.52. The number of aromatic carboxylic acids is 1. The first-order chi connectivity index (χ1) is 9.70. The lowest BCUT2D eigenvalue weighted by molar-refractivity contribution is 0.0661. The molecule has 2 aromatic rings. The summed E-state index contributed by atoms with van der Waals surface area (Å²) in [6.07, 6.45) is 0. The summed E-state index contributed by atoms with van der Waals surface area (Å²) in [6.45, 7) is 0. The van der Waals surface area contributed by atoms with Crippen LogP contribution in [0.4, 0.5) is 5.69 Å². The summed E-state index contributed by atoms with van der Waals surface area (Å²) in [5.41, 5.74) is 0.0640. The molecule has 0 aliphatic carbocycles. The summed E-state index contributed by atoms with van der Waals surface area (Å²) in [7, 11) is -4.09. The van der Waals surface area contributed by atoms with Gasteiger partial charge in [-0.1, -0.05) is 23.2 Å². The fraction of sp³-hybridized carbons (Fsp3) is 0. The summed E-state index contributed by atoms with van der Waals surface area (Å²) < 4.78 is 31.2. The van der Waals surface area contributed by atoms with Crippen molar-refractivity contribution < 1.29 is 22.7 Å². The first kappa shape index (κ1) is 16.2. The molecule has 0 unspecified atom stereocenters. The Bertz CT molecular complexity index is 818. The Morgan fingerprint density at radius 1 is 1.29 bits per heavy atom. The van der Waals surface area contributed by atoms with Gasteiger partial charge in [0.1, 0.15) is 4.90 Å². The molecule has 0 atom stereocenters. The van der Waals surface area contributed by atoms with E-state index in [9.17, 15) is 13.2 Å². The van der Waals surface area contributed by atoms with Crippen LogP contribution < -0.4 is 4.72 Å². The third-order valence-electron chi connectivity index (χ3n) is 2.33. The van der Waals surface area contributed by atoms with E-state index in [0.717, 1.165) is 6.07 Å². The quantitative estimate of drug-likeness (QED) is 0.791. The van der Waals surface area contributed by atoms with Crippen LogP contribution in [0.25, 0.3) is 0 Å². The fourth-order valence-electron chi connectivity index (χ4n) is 1.42. The van der Waals surface area contributed by atoms with Crippen LogP contribution in [-0.4, -0.2) is 19.5 Å². The predicted molar refractivity (Wildman–Crippen MR) is 80.6 cm³/mol. The van der Waals surface area contributed by atoms with Gasteiger partial charge in [-0.3, -0.25) is 4.72 Å². The third-order valence-corrected chi connectivity index (χ3v) is 5.12. The molecule has 0 spiro atoms. The van der Waals surface area contributed by atoms with E-state index < -0.39 is 21.8 Å². The summed E-state index contributed by atoms with van der Waals surface area (Å²) in [6, 6.07) is 5.13. The number of benzene rings is 1. The highest BCUT2D eigenvalue weighted by atomic mass is 79.9. The van der Waals surface area contributed by atoms with E-state index in [1.54, 1.807) is 0 Å². The smallest absolute Gasteiger partial charge is 0.371 e. The summed E-state index contributed by atoms with van der Waals surface area (Å²) in [5.74, 6) is -1.91. The maximum Gasteiger partial charge on any atom is 0.371 e. The number of hydrogen-bond donors (Lipinski definition) is 2. The lowest BCUT2D eigenvalue weighted by Gasteiger charge is -2.08. The highest BCUT2D eigenvalue weighted by molar-refractivity contribution is 9.10. The van der Waals surface area contributed by atoms with Crippen molar-refractivity contribution in [3.63, 3.8) is 0 Å². The van der Waals surface area contributed by atoms with Crippen molar-refractivity contribution >= 4 is 60.8 Å². The third kappa shape index (κ3) is 3.52. The number of hydrogen-bond acceptors (Lipinski definition) is 4. The number of carbonyl (C=O) groups is 1. The standard InChI is InChI=1S/C11H6BrCl2NO5S/c12-10-9(4-8(20-10)11(16)17)21(18,19)15-7-3-5(13)1-2-6(7)14/h1-4,15H,(H,16,17). The molecule has 1 aromatic carbocycles. The van der Waals surface area contributed by atoms with Crippen molar-refractivity contribution in [2.75, 3.05) is 4.72 Å². The second-order valence-electron chi connectivity index (χ2n) is 3.78. The van der Waals surface area contributed by atoms with Gasteiger partial charge in [-0.25, -0.2) is 13.2 Å². The topological polar surface area (TPSA) is 96.6 Å². The Morgan fingerprint density at radius 2 is 1.95 bits per heavy atom. The number of sulfonamides is 1. The van der Waals surface area contributed by atoms with E-state index >= 15 is 0 Å². The Labute approximate surface area is 137 Å². The fourth-order valence-corrected chi connectivity index (χ4v) is 3.82.